The molecule has 1 heterocycles. The van der Waals surface area contributed by atoms with Crippen LogP contribution in [0.3, 0.4) is 0 Å². The van der Waals surface area contributed by atoms with Crippen LogP contribution in [0.15, 0.2) is 0 Å². The summed E-state index contributed by atoms with van der Waals surface area (Å²) in [6.45, 7) is 16.6. The maximum Gasteiger partial charge on any atom is 0.185 e. The average Bonchev–Trinajstić information content (AvgIpc) is 2.76. The Kier molecular flexibility index (Phi) is 6.02. The molecule has 0 saturated heterocycles. The van der Waals surface area contributed by atoms with Gasteiger partial charge in [-0.15, -0.1) is 11.3 Å². The minimum absolute atomic E-state index is 0.253. The highest BCUT2D eigenvalue weighted by Gasteiger charge is 2.26. The van der Waals surface area contributed by atoms with Crippen LogP contribution in [0.1, 0.15) is 59.0 Å². The number of anilines is 1. The monoisotopic (exact) mass is 297 g/mol. The molecule has 0 spiro atoms. The zero-order valence-electron chi connectivity index (χ0n) is 14.4. The van der Waals surface area contributed by atoms with Gasteiger partial charge in [0.05, 0.1) is 5.69 Å². The molecule has 0 saturated carbocycles. The number of aryl methyl sites for hydroxylation is 1. The first kappa shape index (κ1) is 17.4. The fraction of sp³-hybridized carbons (Fsp3) is 0.812. The normalized spacial score (nSPS) is 13.8. The van der Waals surface area contributed by atoms with Crippen LogP contribution >= 0.6 is 11.3 Å². The summed E-state index contributed by atoms with van der Waals surface area (Å²) in [6, 6.07) is 0.973. The molecular weight excluding hydrogens is 266 g/mol. The fourth-order valence-corrected chi connectivity index (χ4v) is 3.12. The zero-order chi connectivity index (χ0) is 15.5. The van der Waals surface area contributed by atoms with Crippen LogP contribution in [0.4, 0.5) is 5.13 Å². The van der Waals surface area contributed by atoms with Crippen LogP contribution in [-0.2, 0) is 13.0 Å². The van der Waals surface area contributed by atoms with Crippen LogP contribution in [0, 0.1) is 5.41 Å². The highest BCUT2D eigenvalue weighted by atomic mass is 32.1. The number of thiazole rings is 1. The Morgan fingerprint density at radius 1 is 1.25 bits per heavy atom. The Bertz CT molecular complexity index is 418. The summed E-state index contributed by atoms with van der Waals surface area (Å²) < 4.78 is 0. The van der Waals surface area contributed by atoms with Gasteiger partial charge in [-0.05, 0) is 18.8 Å². The van der Waals surface area contributed by atoms with Gasteiger partial charge < -0.3 is 10.2 Å². The largest absolute Gasteiger partial charge is 0.348 e. The van der Waals surface area contributed by atoms with Gasteiger partial charge in [-0.3, -0.25) is 0 Å². The highest BCUT2D eigenvalue weighted by molar-refractivity contribution is 7.15. The molecule has 1 unspecified atom stereocenters. The van der Waals surface area contributed by atoms with Gasteiger partial charge in [0.2, 0.25) is 0 Å². The molecule has 0 bridgehead atoms. The lowest BCUT2D eigenvalue weighted by Crippen LogP contribution is -2.39. The van der Waals surface area contributed by atoms with Gasteiger partial charge in [0, 0.05) is 30.6 Å². The van der Waals surface area contributed by atoms with Gasteiger partial charge in [-0.25, -0.2) is 4.98 Å². The molecule has 0 aliphatic carbocycles. The Morgan fingerprint density at radius 3 is 2.30 bits per heavy atom. The Morgan fingerprint density at radius 2 is 1.85 bits per heavy atom. The van der Waals surface area contributed by atoms with E-state index in [1.165, 1.54) is 10.6 Å². The number of aromatic nitrogens is 1. The molecule has 1 aromatic heterocycles. The third kappa shape index (κ3) is 4.45. The molecule has 0 aliphatic rings. The second-order valence-electron chi connectivity index (χ2n) is 6.91. The van der Waals surface area contributed by atoms with Crippen molar-refractivity contribution in [3.05, 3.63) is 10.6 Å². The molecule has 20 heavy (non-hydrogen) atoms. The number of rotatable bonds is 6. The second kappa shape index (κ2) is 6.90. The van der Waals surface area contributed by atoms with E-state index >= 15 is 0 Å². The number of hydrogen-bond acceptors (Lipinski definition) is 4. The molecule has 1 rings (SSSR count). The standard InChI is InChI=1S/C16H31N3S/c1-9-13-14(10-17-11(2)3)20-15(18-13)19(8)12(4)16(5,6)7/h11-12,17H,9-10H2,1-8H3. The lowest BCUT2D eigenvalue weighted by atomic mass is 9.87. The van der Waals surface area contributed by atoms with Gasteiger partial charge in [0.1, 0.15) is 0 Å². The first-order valence-electron chi connectivity index (χ1n) is 7.61. The van der Waals surface area contributed by atoms with Crippen molar-refractivity contribution < 1.29 is 0 Å². The number of hydrogen-bond donors (Lipinski definition) is 1. The van der Waals surface area contributed by atoms with Crippen molar-refractivity contribution in [1.29, 1.82) is 0 Å². The summed E-state index contributed by atoms with van der Waals surface area (Å²) in [5, 5.41) is 4.64. The Hall–Kier alpha value is -0.610. The van der Waals surface area contributed by atoms with Crippen molar-refractivity contribution in [2.45, 2.75) is 73.5 Å². The van der Waals surface area contributed by atoms with Crippen LogP contribution in [0.5, 0.6) is 0 Å². The maximum atomic E-state index is 4.85. The molecule has 1 aromatic rings. The lowest BCUT2D eigenvalue weighted by Gasteiger charge is -2.35. The first-order valence-corrected chi connectivity index (χ1v) is 8.43. The molecule has 1 N–H and O–H groups in total. The Labute approximate surface area is 128 Å². The van der Waals surface area contributed by atoms with E-state index in [1.807, 2.05) is 11.3 Å². The predicted molar refractivity (Wildman–Crippen MR) is 90.8 cm³/mol. The van der Waals surface area contributed by atoms with Gasteiger partial charge >= 0.3 is 0 Å². The van der Waals surface area contributed by atoms with Gasteiger partial charge in [0.15, 0.2) is 5.13 Å². The molecule has 0 fully saturated rings. The van der Waals surface area contributed by atoms with Crippen molar-refractivity contribution in [3.8, 4) is 0 Å². The second-order valence-corrected chi connectivity index (χ2v) is 7.97. The van der Waals surface area contributed by atoms with Crippen LogP contribution in [0.25, 0.3) is 0 Å². The molecule has 0 aliphatic heterocycles. The van der Waals surface area contributed by atoms with Crippen molar-refractivity contribution in [2.24, 2.45) is 5.41 Å². The quantitative estimate of drug-likeness (QED) is 0.857. The summed E-state index contributed by atoms with van der Waals surface area (Å²) in [5.41, 5.74) is 1.49. The average molecular weight is 298 g/mol. The molecule has 4 heteroatoms. The van der Waals surface area contributed by atoms with Gasteiger partial charge in [-0.2, -0.15) is 0 Å². The summed E-state index contributed by atoms with van der Waals surface area (Å²) in [6.07, 6.45) is 1.00. The zero-order valence-corrected chi connectivity index (χ0v) is 15.2. The topological polar surface area (TPSA) is 28.2 Å². The van der Waals surface area contributed by atoms with Crippen molar-refractivity contribution in [2.75, 3.05) is 11.9 Å². The van der Waals surface area contributed by atoms with Crippen LogP contribution in [-0.4, -0.2) is 24.1 Å². The fourth-order valence-electron chi connectivity index (χ4n) is 1.98. The summed E-state index contributed by atoms with van der Waals surface area (Å²) in [5.74, 6) is 0. The third-order valence-electron chi connectivity index (χ3n) is 3.91. The molecular formula is C16H31N3S. The van der Waals surface area contributed by atoms with Crippen molar-refractivity contribution in [1.82, 2.24) is 10.3 Å². The van der Waals surface area contributed by atoms with E-state index < -0.39 is 0 Å². The summed E-state index contributed by atoms with van der Waals surface area (Å²) >= 11 is 1.83. The first-order chi connectivity index (χ1) is 9.16. The smallest absolute Gasteiger partial charge is 0.185 e. The van der Waals surface area contributed by atoms with E-state index in [9.17, 15) is 0 Å². The minimum Gasteiger partial charge on any atom is -0.348 e. The molecule has 0 radical (unpaired) electrons. The summed E-state index contributed by atoms with van der Waals surface area (Å²) in [7, 11) is 2.16. The molecule has 116 valence electrons. The van der Waals surface area contributed by atoms with Crippen molar-refractivity contribution in [3.63, 3.8) is 0 Å². The maximum absolute atomic E-state index is 4.85. The Balaban J connectivity index is 2.91. The SMILES string of the molecule is CCc1nc(N(C)C(C)C(C)(C)C)sc1CNC(C)C. The van der Waals surface area contributed by atoms with E-state index in [4.69, 9.17) is 4.98 Å². The van der Waals surface area contributed by atoms with Gasteiger partial charge in [-0.1, -0.05) is 41.5 Å². The lowest BCUT2D eigenvalue weighted by molar-refractivity contribution is 0.329. The summed E-state index contributed by atoms with van der Waals surface area (Å²) in [4.78, 5) is 8.55. The van der Waals surface area contributed by atoms with E-state index in [0.717, 1.165) is 18.1 Å². The number of nitrogens with one attached hydrogen (secondary N) is 1. The van der Waals surface area contributed by atoms with Crippen molar-refractivity contribution >= 4 is 16.5 Å². The van der Waals surface area contributed by atoms with E-state index in [1.54, 1.807) is 0 Å². The van der Waals surface area contributed by atoms with E-state index in [2.05, 4.69) is 65.7 Å². The molecule has 3 nitrogen and oxygen atoms in total. The third-order valence-corrected chi connectivity index (χ3v) is 5.10. The minimum atomic E-state index is 0.253. The molecule has 0 aromatic carbocycles. The van der Waals surface area contributed by atoms with E-state index in [0.29, 0.717) is 12.1 Å². The molecule has 1 atom stereocenters. The van der Waals surface area contributed by atoms with Crippen LogP contribution < -0.4 is 10.2 Å². The predicted octanol–water partition coefficient (Wildman–Crippen LogP) is 4.07. The van der Waals surface area contributed by atoms with E-state index in [-0.39, 0.29) is 5.41 Å². The van der Waals surface area contributed by atoms with Crippen LogP contribution in [0.2, 0.25) is 0 Å². The number of nitrogens with zero attached hydrogens (tertiary/aromatic N) is 2. The highest BCUT2D eigenvalue weighted by Crippen LogP contribution is 2.32. The molecule has 0 amide bonds. The van der Waals surface area contributed by atoms with Gasteiger partial charge in [0.25, 0.3) is 0 Å².